The van der Waals surface area contributed by atoms with E-state index >= 15 is 0 Å². The minimum atomic E-state index is -3.50. The molecule has 1 unspecified atom stereocenters. The van der Waals surface area contributed by atoms with Crippen LogP contribution in [0.4, 0.5) is 0 Å². The molecule has 2 rings (SSSR count). The third-order valence-electron chi connectivity index (χ3n) is 2.88. The van der Waals surface area contributed by atoms with Crippen molar-refractivity contribution >= 4 is 15.7 Å². The molecule has 0 aromatic carbocycles. The maximum atomic E-state index is 12.1. The molecule has 0 saturated carbocycles. The highest BCUT2D eigenvalue weighted by Gasteiger charge is 2.32. The van der Waals surface area contributed by atoms with Crippen molar-refractivity contribution in [3.8, 4) is 0 Å². The van der Waals surface area contributed by atoms with Crippen LogP contribution in [0.5, 0.6) is 0 Å². The second kappa shape index (κ2) is 4.46. The Bertz CT molecular complexity index is 508. The van der Waals surface area contributed by atoms with Crippen LogP contribution in [0.1, 0.15) is 13.3 Å². The molecule has 1 aromatic rings. The molecule has 94 valence electrons. The molecule has 7 nitrogen and oxygen atoms in total. The van der Waals surface area contributed by atoms with Crippen molar-refractivity contribution in [2.75, 3.05) is 13.1 Å². The number of hydrogen-bond acceptors (Lipinski definition) is 5. The van der Waals surface area contributed by atoms with E-state index in [9.17, 15) is 8.42 Å². The lowest BCUT2D eigenvalue weighted by Gasteiger charge is -2.29. The van der Waals surface area contributed by atoms with Crippen LogP contribution in [0.15, 0.2) is 22.7 Å². The van der Waals surface area contributed by atoms with Crippen LogP contribution in [0, 0.1) is 5.92 Å². The van der Waals surface area contributed by atoms with Gasteiger partial charge in [0.05, 0.1) is 18.2 Å². The SMILES string of the molecule is CC1CN(S(=O)(=O)c2cnc[nH]2)CCC1=NO. The third-order valence-corrected chi connectivity index (χ3v) is 4.67. The first-order valence-electron chi connectivity index (χ1n) is 5.25. The Morgan fingerprint density at radius 1 is 1.65 bits per heavy atom. The van der Waals surface area contributed by atoms with E-state index in [1.165, 1.54) is 16.8 Å². The molecular weight excluding hydrogens is 244 g/mol. The van der Waals surface area contributed by atoms with E-state index in [2.05, 4.69) is 15.1 Å². The lowest BCUT2D eigenvalue weighted by Crippen LogP contribution is -2.43. The Morgan fingerprint density at radius 3 is 2.94 bits per heavy atom. The summed E-state index contributed by atoms with van der Waals surface area (Å²) in [6, 6.07) is 0. The Kier molecular flexibility index (Phi) is 3.16. The molecule has 0 bridgehead atoms. The van der Waals surface area contributed by atoms with E-state index in [-0.39, 0.29) is 10.9 Å². The lowest BCUT2D eigenvalue weighted by atomic mass is 10.00. The van der Waals surface area contributed by atoms with Gasteiger partial charge in [0, 0.05) is 25.4 Å². The highest BCUT2D eigenvalue weighted by molar-refractivity contribution is 7.89. The number of imidazole rings is 1. The van der Waals surface area contributed by atoms with Gasteiger partial charge in [0.25, 0.3) is 10.0 Å². The summed E-state index contributed by atoms with van der Waals surface area (Å²) in [7, 11) is -3.50. The van der Waals surface area contributed by atoms with Gasteiger partial charge >= 0.3 is 0 Å². The molecular formula is C9H14N4O3S. The summed E-state index contributed by atoms with van der Waals surface area (Å²) in [5, 5.41) is 12.0. The van der Waals surface area contributed by atoms with Crippen LogP contribution in [0.3, 0.4) is 0 Å². The molecule has 1 aliphatic heterocycles. The van der Waals surface area contributed by atoms with Gasteiger partial charge in [-0.1, -0.05) is 12.1 Å². The maximum Gasteiger partial charge on any atom is 0.260 e. The van der Waals surface area contributed by atoms with Gasteiger partial charge in [-0.15, -0.1) is 0 Å². The zero-order valence-corrected chi connectivity index (χ0v) is 10.2. The minimum Gasteiger partial charge on any atom is -0.411 e. The van der Waals surface area contributed by atoms with Crippen molar-refractivity contribution in [1.29, 1.82) is 0 Å². The van der Waals surface area contributed by atoms with E-state index in [1.54, 1.807) is 0 Å². The van der Waals surface area contributed by atoms with Crippen LogP contribution in [-0.2, 0) is 10.0 Å². The fourth-order valence-electron chi connectivity index (χ4n) is 1.88. The molecule has 8 heteroatoms. The molecule has 0 radical (unpaired) electrons. The Balaban J connectivity index is 2.21. The second-order valence-corrected chi connectivity index (χ2v) is 5.93. The van der Waals surface area contributed by atoms with Gasteiger partial charge in [0.1, 0.15) is 0 Å². The van der Waals surface area contributed by atoms with Crippen molar-refractivity contribution in [3.05, 3.63) is 12.5 Å². The first-order valence-corrected chi connectivity index (χ1v) is 6.69. The molecule has 1 atom stereocenters. The van der Waals surface area contributed by atoms with Gasteiger partial charge in [-0.05, 0) is 0 Å². The smallest absolute Gasteiger partial charge is 0.260 e. The first kappa shape index (κ1) is 12.1. The molecule has 1 fully saturated rings. The average Bonchev–Trinajstić information content (AvgIpc) is 2.83. The van der Waals surface area contributed by atoms with Gasteiger partial charge in [0.2, 0.25) is 0 Å². The summed E-state index contributed by atoms with van der Waals surface area (Å²) in [5.74, 6) is -0.0774. The minimum absolute atomic E-state index is 0.0774. The van der Waals surface area contributed by atoms with E-state index in [1.807, 2.05) is 6.92 Å². The largest absolute Gasteiger partial charge is 0.411 e. The van der Waals surface area contributed by atoms with Crippen molar-refractivity contribution in [1.82, 2.24) is 14.3 Å². The van der Waals surface area contributed by atoms with Crippen LogP contribution in [0.25, 0.3) is 0 Å². The zero-order valence-electron chi connectivity index (χ0n) is 9.37. The molecule has 17 heavy (non-hydrogen) atoms. The topological polar surface area (TPSA) is 98.7 Å². The normalized spacial score (nSPS) is 25.2. The number of nitrogens with zero attached hydrogens (tertiary/aromatic N) is 3. The number of hydrogen-bond donors (Lipinski definition) is 2. The fourth-order valence-corrected chi connectivity index (χ4v) is 3.30. The fraction of sp³-hybridized carbons (Fsp3) is 0.556. The van der Waals surface area contributed by atoms with Gasteiger partial charge in [0.15, 0.2) is 5.03 Å². The third kappa shape index (κ3) is 2.18. The van der Waals surface area contributed by atoms with Crippen molar-refractivity contribution in [2.45, 2.75) is 18.4 Å². The molecule has 1 aromatic heterocycles. The number of rotatable bonds is 2. The standard InChI is InChI=1S/C9H14N4O3S/c1-7-5-13(3-2-8(7)12-14)17(15,16)9-4-10-6-11-9/h4,6-7,14H,2-3,5H2,1H3,(H,10,11). The number of piperidine rings is 1. The molecule has 2 N–H and O–H groups in total. The van der Waals surface area contributed by atoms with Crippen molar-refractivity contribution < 1.29 is 13.6 Å². The van der Waals surface area contributed by atoms with E-state index in [0.717, 1.165) is 0 Å². The number of aromatic nitrogens is 2. The molecule has 2 heterocycles. The van der Waals surface area contributed by atoms with E-state index in [4.69, 9.17) is 5.21 Å². The first-order chi connectivity index (χ1) is 8.05. The quantitative estimate of drug-likeness (QED) is 0.587. The summed E-state index contributed by atoms with van der Waals surface area (Å²) in [6.45, 7) is 2.48. The van der Waals surface area contributed by atoms with Crippen LogP contribution < -0.4 is 0 Å². The predicted octanol–water partition coefficient (Wildman–Crippen LogP) is 0.270. The number of oxime groups is 1. The van der Waals surface area contributed by atoms with Crippen molar-refractivity contribution in [3.63, 3.8) is 0 Å². The van der Waals surface area contributed by atoms with Crippen LogP contribution in [-0.4, -0.2) is 46.7 Å². The van der Waals surface area contributed by atoms with Gasteiger partial charge in [-0.2, -0.15) is 4.31 Å². The van der Waals surface area contributed by atoms with Crippen LogP contribution >= 0.6 is 0 Å². The van der Waals surface area contributed by atoms with Crippen molar-refractivity contribution in [2.24, 2.45) is 11.1 Å². The second-order valence-electron chi connectivity index (χ2n) is 4.02. The Morgan fingerprint density at radius 2 is 2.41 bits per heavy atom. The summed E-state index contributed by atoms with van der Waals surface area (Å²) < 4.78 is 25.7. The highest BCUT2D eigenvalue weighted by atomic mass is 32.2. The molecule has 0 amide bonds. The number of aromatic amines is 1. The van der Waals surface area contributed by atoms with Crippen LogP contribution in [0.2, 0.25) is 0 Å². The van der Waals surface area contributed by atoms with E-state index < -0.39 is 10.0 Å². The number of nitrogens with one attached hydrogen (secondary N) is 1. The molecule has 1 aliphatic rings. The Hall–Kier alpha value is -1.41. The molecule has 0 spiro atoms. The molecule has 1 saturated heterocycles. The predicted molar refractivity (Wildman–Crippen MR) is 60.3 cm³/mol. The van der Waals surface area contributed by atoms with Gasteiger partial charge < -0.3 is 10.2 Å². The lowest BCUT2D eigenvalue weighted by molar-refractivity contribution is 0.300. The maximum absolute atomic E-state index is 12.1. The summed E-state index contributed by atoms with van der Waals surface area (Å²) >= 11 is 0. The number of sulfonamides is 1. The van der Waals surface area contributed by atoms with Gasteiger partial charge in [-0.25, -0.2) is 13.4 Å². The van der Waals surface area contributed by atoms with Gasteiger partial charge in [-0.3, -0.25) is 0 Å². The Labute approximate surface area is 99.2 Å². The molecule has 0 aliphatic carbocycles. The zero-order chi connectivity index (χ0) is 12.5. The monoisotopic (exact) mass is 258 g/mol. The van der Waals surface area contributed by atoms with E-state index in [0.29, 0.717) is 25.2 Å². The average molecular weight is 258 g/mol. The summed E-state index contributed by atoms with van der Waals surface area (Å²) in [4.78, 5) is 6.30. The summed E-state index contributed by atoms with van der Waals surface area (Å²) in [5.41, 5.74) is 0.640. The highest BCUT2D eigenvalue weighted by Crippen LogP contribution is 2.20. The number of H-pyrrole nitrogens is 1. The summed E-state index contributed by atoms with van der Waals surface area (Å²) in [6.07, 6.45) is 3.07.